The third-order valence-corrected chi connectivity index (χ3v) is 1.83. The molecule has 5 nitrogen and oxygen atoms in total. The van der Waals surface area contributed by atoms with Crippen LogP contribution in [0.25, 0.3) is 0 Å². The highest BCUT2D eigenvalue weighted by molar-refractivity contribution is 5.46. The summed E-state index contributed by atoms with van der Waals surface area (Å²) in [5, 5.41) is 3.24. The molecular weight excluding hydrogens is 192 g/mol. The van der Waals surface area contributed by atoms with Crippen LogP contribution in [0.15, 0.2) is 6.07 Å². The molecule has 0 aliphatic carbocycles. The van der Waals surface area contributed by atoms with E-state index in [-0.39, 0.29) is 5.54 Å². The first-order chi connectivity index (χ1) is 6.93. The first kappa shape index (κ1) is 11.7. The van der Waals surface area contributed by atoms with Crippen LogP contribution in [-0.2, 0) is 4.74 Å². The molecule has 15 heavy (non-hydrogen) atoms. The van der Waals surface area contributed by atoms with Gasteiger partial charge >= 0.3 is 0 Å². The minimum absolute atomic E-state index is 0.179. The Bertz CT molecular complexity index is 318. The van der Waals surface area contributed by atoms with Gasteiger partial charge in [0.15, 0.2) is 0 Å². The van der Waals surface area contributed by atoms with Gasteiger partial charge < -0.3 is 15.8 Å². The van der Waals surface area contributed by atoms with Gasteiger partial charge in [0.25, 0.3) is 0 Å². The minimum Gasteiger partial charge on any atom is -0.384 e. The molecule has 84 valence electrons. The van der Waals surface area contributed by atoms with Gasteiger partial charge in [-0.05, 0) is 20.8 Å². The fraction of sp³-hybridized carbons (Fsp3) is 0.600. The highest BCUT2D eigenvalue weighted by atomic mass is 16.5. The molecule has 1 heterocycles. The molecule has 1 aromatic heterocycles. The molecule has 0 bridgehead atoms. The number of rotatable bonds is 4. The normalized spacial score (nSPS) is 11.5. The van der Waals surface area contributed by atoms with Crippen molar-refractivity contribution < 1.29 is 4.74 Å². The van der Waals surface area contributed by atoms with Gasteiger partial charge in [0.1, 0.15) is 17.5 Å². The van der Waals surface area contributed by atoms with E-state index in [1.807, 2.05) is 20.8 Å². The van der Waals surface area contributed by atoms with Crippen LogP contribution in [0.3, 0.4) is 0 Å². The predicted molar refractivity (Wildman–Crippen MR) is 60.8 cm³/mol. The highest BCUT2D eigenvalue weighted by Crippen LogP contribution is 2.14. The summed E-state index contributed by atoms with van der Waals surface area (Å²) < 4.78 is 5.10. The fourth-order valence-electron chi connectivity index (χ4n) is 1.40. The number of aryl methyl sites for hydroxylation is 1. The molecule has 0 aliphatic heterocycles. The number of anilines is 2. The van der Waals surface area contributed by atoms with E-state index in [0.717, 1.165) is 5.82 Å². The van der Waals surface area contributed by atoms with Crippen LogP contribution < -0.4 is 11.1 Å². The first-order valence-corrected chi connectivity index (χ1v) is 4.81. The zero-order chi connectivity index (χ0) is 11.5. The Balaban J connectivity index is 2.80. The largest absolute Gasteiger partial charge is 0.384 e. The Morgan fingerprint density at radius 1 is 1.47 bits per heavy atom. The molecule has 0 aliphatic rings. The number of hydrogen-bond donors (Lipinski definition) is 2. The topological polar surface area (TPSA) is 73.1 Å². The van der Waals surface area contributed by atoms with Crippen LogP contribution in [0.2, 0.25) is 0 Å². The molecule has 0 saturated heterocycles. The van der Waals surface area contributed by atoms with Crippen LogP contribution >= 0.6 is 0 Å². The number of nitrogens with one attached hydrogen (secondary N) is 1. The summed E-state index contributed by atoms with van der Waals surface area (Å²) in [5.41, 5.74) is 5.45. The third-order valence-electron chi connectivity index (χ3n) is 1.83. The molecule has 3 N–H and O–H groups in total. The van der Waals surface area contributed by atoms with Gasteiger partial charge in [-0.25, -0.2) is 9.97 Å². The van der Waals surface area contributed by atoms with Gasteiger partial charge in [-0.2, -0.15) is 0 Å². The number of hydrogen-bond acceptors (Lipinski definition) is 5. The number of ether oxygens (including phenoxy) is 1. The predicted octanol–water partition coefficient (Wildman–Crippen LogP) is 1.20. The van der Waals surface area contributed by atoms with E-state index in [1.165, 1.54) is 0 Å². The van der Waals surface area contributed by atoms with Crippen LogP contribution in [0.5, 0.6) is 0 Å². The van der Waals surface area contributed by atoms with Crippen molar-refractivity contribution in [3.8, 4) is 0 Å². The number of nitrogens with zero attached hydrogens (tertiary/aromatic N) is 2. The van der Waals surface area contributed by atoms with Crippen molar-refractivity contribution in [1.29, 1.82) is 0 Å². The molecule has 0 radical (unpaired) electrons. The maximum Gasteiger partial charge on any atom is 0.132 e. The SMILES string of the molecule is COCC(C)(C)Nc1cc(N)nc(C)n1. The van der Waals surface area contributed by atoms with Crippen molar-refractivity contribution in [3.63, 3.8) is 0 Å². The van der Waals surface area contributed by atoms with Crippen molar-refractivity contribution >= 4 is 11.6 Å². The summed E-state index contributed by atoms with van der Waals surface area (Å²) in [6.07, 6.45) is 0. The molecule has 0 fully saturated rings. The maximum atomic E-state index is 5.63. The zero-order valence-electron chi connectivity index (χ0n) is 9.66. The minimum atomic E-state index is -0.179. The lowest BCUT2D eigenvalue weighted by molar-refractivity contribution is 0.158. The Morgan fingerprint density at radius 2 is 2.13 bits per heavy atom. The summed E-state index contributed by atoms with van der Waals surface area (Å²) in [6, 6.07) is 1.71. The Labute approximate surface area is 90.1 Å². The summed E-state index contributed by atoms with van der Waals surface area (Å²) in [4.78, 5) is 8.25. The molecule has 1 rings (SSSR count). The van der Waals surface area contributed by atoms with Crippen LogP contribution in [0.1, 0.15) is 19.7 Å². The Hall–Kier alpha value is -1.36. The van der Waals surface area contributed by atoms with E-state index >= 15 is 0 Å². The average molecular weight is 210 g/mol. The van der Waals surface area contributed by atoms with Gasteiger partial charge in [-0.15, -0.1) is 0 Å². The molecule has 1 aromatic rings. The second-order valence-corrected chi connectivity index (χ2v) is 4.17. The number of methoxy groups -OCH3 is 1. The third kappa shape index (κ3) is 3.71. The van der Waals surface area contributed by atoms with Gasteiger partial charge in [0, 0.05) is 13.2 Å². The number of nitrogen functional groups attached to an aromatic ring is 1. The van der Waals surface area contributed by atoms with Gasteiger partial charge in [0.05, 0.1) is 12.1 Å². The monoisotopic (exact) mass is 210 g/mol. The van der Waals surface area contributed by atoms with Gasteiger partial charge in [0.2, 0.25) is 0 Å². The summed E-state index contributed by atoms with van der Waals surface area (Å²) in [6.45, 7) is 6.47. The van der Waals surface area contributed by atoms with E-state index in [9.17, 15) is 0 Å². The molecule has 0 unspecified atom stereocenters. The van der Waals surface area contributed by atoms with Crippen molar-refractivity contribution in [1.82, 2.24) is 9.97 Å². The molecule has 0 amide bonds. The van der Waals surface area contributed by atoms with Crippen molar-refractivity contribution in [2.24, 2.45) is 0 Å². The van der Waals surface area contributed by atoms with E-state index in [2.05, 4.69) is 15.3 Å². The molecule has 0 saturated carbocycles. The zero-order valence-corrected chi connectivity index (χ0v) is 9.66. The van der Waals surface area contributed by atoms with Crippen molar-refractivity contribution in [2.75, 3.05) is 24.8 Å². The fourth-order valence-corrected chi connectivity index (χ4v) is 1.40. The smallest absolute Gasteiger partial charge is 0.132 e. The Morgan fingerprint density at radius 3 is 2.67 bits per heavy atom. The summed E-state index contributed by atoms with van der Waals surface area (Å²) in [7, 11) is 1.67. The van der Waals surface area contributed by atoms with Gasteiger partial charge in [-0.1, -0.05) is 0 Å². The molecule has 5 heteroatoms. The lowest BCUT2D eigenvalue weighted by Gasteiger charge is -2.25. The van der Waals surface area contributed by atoms with E-state index in [1.54, 1.807) is 13.2 Å². The van der Waals surface area contributed by atoms with Crippen molar-refractivity contribution in [3.05, 3.63) is 11.9 Å². The molecule has 0 atom stereocenters. The Kier molecular flexibility index (Phi) is 3.47. The van der Waals surface area contributed by atoms with Crippen LogP contribution in [-0.4, -0.2) is 29.2 Å². The molecular formula is C10H18N4O. The van der Waals surface area contributed by atoms with Crippen molar-refractivity contribution in [2.45, 2.75) is 26.3 Å². The number of nitrogens with two attached hydrogens (primary N) is 1. The van der Waals surface area contributed by atoms with Crippen LogP contribution in [0.4, 0.5) is 11.6 Å². The molecule has 0 spiro atoms. The standard InChI is InChI=1S/C10H18N4O/c1-7-12-8(11)5-9(13-7)14-10(2,3)6-15-4/h5H,6H2,1-4H3,(H3,11,12,13,14). The number of aromatic nitrogens is 2. The highest BCUT2D eigenvalue weighted by Gasteiger charge is 2.17. The quantitative estimate of drug-likeness (QED) is 0.781. The first-order valence-electron chi connectivity index (χ1n) is 4.81. The second-order valence-electron chi connectivity index (χ2n) is 4.17. The van der Waals surface area contributed by atoms with Crippen LogP contribution in [0, 0.1) is 6.92 Å². The molecule has 0 aromatic carbocycles. The van der Waals surface area contributed by atoms with E-state index in [4.69, 9.17) is 10.5 Å². The van der Waals surface area contributed by atoms with E-state index < -0.39 is 0 Å². The summed E-state index contributed by atoms with van der Waals surface area (Å²) in [5.74, 6) is 1.85. The lowest BCUT2D eigenvalue weighted by Crippen LogP contribution is -2.36. The summed E-state index contributed by atoms with van der Waals surface area (Å²) >= 11 is 0. The second kappa shape index (κ2) is 4.44. The lowest BCUT2D eigenvalue weighted by atomic mass is 10.1. The van der Waals surface area contributed by atoms with E-state index in [0.29, 0.717) is 18.2 Å². The average Bonchev–Trinajstić information content (AvgIpc) is 1.99. The van der Waals surface area contributed by atoms with Gasteiger partial charge in [-0.3, -0.25) is 0 Å². The maximum absolute atomic E-state index is 5.63.